The normalized spacial score (nSPS) is 15.1. The predicted molar refractivity (Wildman–Crippen MR) is 120 cm³/mol. The third-order valence-corrected chi connectivity index (χ3v) is 6.68. The van der Waals surface area contributed by atoms with Gasteiger partial charge in [0, 0.05) is 31.6 Å². The van der Waals surface area contributed by atoms with Gasteiger partial charge in [-0.2, -0.15) is 11.3 Å². The highest BCUT2D eigenvalue weighted by molar-refractivity contribution is 7.14. The molecule has 148 valence electrons. The lowest BCUT2D eigenvalue weighted by atomic mass is 10.1. The molecule has 4 aromatic rings. The highest BCUT2D eigenvalue weighted by Crippen LogP contribution is 2.28. The van der Waals surface area contributed by atoms with E-state index in [1.807, 2.05) is 22.4 Å². The SMILES string of the molecule is O=C(Nc1cccs1)N1CCN(Cc2cc3cc(-c4ccsc4)ccc3o2)CC1. The van der Waals surface area contributed by atoms with E-state index in [1.165, 1.54) is 22.5 Å². The van der Waals surface area contributed by atoms with Gasteiger partial charge in [0.1, 0.15) is 11.3 Å². The fraction of sp³-hybridized carbons (Fsp3) is 0.227. The summed E-state index contributed by atoms with van der Waals surface area (Å²) in [6.45, 7) is 3.90. The predicted octanol–water partition coefficient (Wildman–Crippen LogP) is 5.57. The fourth-order valence-corrected chi connectivity index (χ4v) is 4.92. The molecule has 5 rings (SSSR count). The van der Waals surface area contributed by atoms with Crippen molar-refractivity contribution in [1.29, 1.82) is 0 Å². The first-order valence-electron chi connectivity index (χ1n) is 9.61. The van der Waals surface area contributed by atoms with Crippen LogP contribution in [0.1, 0.15) is 5.76 Å². The number of rotatable bonds is 4. The van der Waals surface area contributed by atoms with Gasteiger partial charge in [-0.25, -0.2) is 4.79 Å². The summed E-state index contributed by atoms with van der Waals surface area (Å²) < 4.78 is 6.06. The van der Waals surface area contributed by atoms with Gasteiger partial charge in [-0.05, 0) is 63.7 Å². The zero-order chi connectivity index (χ0) is 19.6. The number of benzene rings is 1. The highest BCUT2D eigenvalue weighted by Gasteiger charge is 2.22. The van der Waals surface area contributed by atoms with Crippen LogP contribution in [0.3, 0.4) is 0 Å². The fourth-order valence-electron chi connectivity index (χ4n) is 3.65. The van der Waals surface area contributed by atoms with Crippen LogP contribution in [0, 0.1) is 0 Å². The number of urea groups is 1. The lowest BCUT2D eigenvalue weighted by Gasteiger charge is -2.34. The van der Waals surface area contributed by atoms with E-state index in [1.54, 1.807) is 11.3 Å². The van der Waals surface area contributed by atoms with Crippen molar-refractivity contribution in [3.63, 3.8) is 0 Å². The molecule has 7 heteroatoms. The van der Waals surface area contributed by atoms with Gasteiger partial charge in [-0.15, -0.1) is 11.3 Å². The lowest BCUT2D eigenvalue weighted by molar-refractivity contribution is 0.137. The van der Waals surface area contributed by atoms with Crippen LogP contribution in [-0.4, -0.2) is 42.0 Å². The van der Waals surface area contributed by atoms with E-state index in [9.17, 15) is 4.79 Å². The Morgan fingerprint density at radius 1 is 1.03 bits per heavy atom. The Kier molecular flexibility index (Phi) is 5.10. The molecule has 5 nitrogen and oxygen atoms in total. The molecule has 0 bridgehead atoms. The maximum absolute atomic E-state index is 12.4. The van der Waals surface area contributed by atoms with E-state index in [0.717, 1.165) is 54.5 Å². The van der Waals surface area contributed by atoms with Gasteiger partial charge in [-0.1, -0.05) is 6.07 Å². The van der Waals surface area contributed by atoms with Crippen LogP contribution in [0.25, 0.3) is 22.1 Å². The Hall–Kier alpha value is -2.61. The second kappa shape index (κ2) is 8.02. The second-order valence-electron chi connectivity index (χ2n) is 7.15. The van der Waals surface area contributed by atoms with E-state index in [4.69, 9.17) is 4.42 Å². The molecular formula is C22H21N3O2S2. The summed E-state index contributed by atoms with van der Waals surface area (Å²) in [5.41, 5.74) is 3.39. The molecule has 0 unspecified atom stereocenters. The standard InChI is InChI=1S/C22H21N3O2S2/c26-22(23-21-2-1-10-29-21)25-8-6-24(7-9-25)14-19-13-18-12-16(3-4-20(18)27-19)17-5-11-28-15-17/h1-5,10-13,15H,6-9,14H2,(H,23,26). The molecule has 0 aliphatic carbocycles. The summed E-state index contributed by atoms with van der Waals surface area (Å²) >= 11 is 3.25. The molecule has 4 heterocycles. The van der Waals surface area contributed by atoms with Gasteiger partial charge >= 0.3 is 6.03 Å². The summed E-state index contributed by atoms with van der Waals surface area (Å²) in [4.78, 5) is 16.6. The number of amides is 2. The van der Waals surface area contributed by atoms with Gasteiger partial charge in [0.05, 0.1) is 11.5 Å². The molecule has 1 aliphatic heterocycles. The Balaban J connectivity index is 1.20. The van der Waals surface area contributed by atoms with Crippen LogP contribution in [0.15, 0.2) is 63.0 Å². The number of thiophene rings is 2. The Morgan fingerprint density at radius 3 is 2.69 bits per heavy atom. The maximum Gasteiger partial charge on any atom is 0.322 e. The zero-order valence-electron chi connectivity index (χ0n) is 15.8. The number of hydrogen-bond acceptors (Lipinski definition) is 5. The first-order valence-corrected chi connectivity index (χ1v) is 11.4. The van der Waals surface area contributed by atoms with Crippen LogP contribution in [0.2, 0.25) is 0 Å². The van der Waals surface area contributed by atoms with Gasteiger partial charge in [0.2, 0.25) is 0 Å². The van der Waals surface area contributed by atoms with Crippen molar-refractivity contribution in [2.24, 2.45) is 0 Å². The second-order valence-corrected chi connectivity index (χ2v) is 8.88. The minimum absolute atomic E-state index is 0.0169. The number of hydrogen-bond donors (Lipinski definition) is 1. The third kappa shape index (κ3) is 4.07. The number of anilines is 1. The van der Waals surface area contributed by atoms with Crippen molar-refractivity contribution in [2.75, 3.05) is 31.5 Å². The highest BCUT2D eigenvalue weighted by atomic mass is 32.1. The summed E-state index contributed by atoms with van der Waals surface area (Å²) in [7, 11) is 0. The molecule has 0 spiro atoms. The number of nitrogens with zero attached hydrogens (tertiary/aromatic N) is 2. The first kappa shape index (κ1) is 18.4. The van der Waals surface area contributed by atoms with Crippen molar-refractivity contribution < 1.29 is 9.21 Å². The number of carbonyl (C=O) groups is 1. The number of furan rings is 1. The third-order valence-electron chi connectivity index (χ3n) is 5.21. The number of fused-ring (bicyclic) bond motifs is 1. The maximum atomic E-state index is 12.4. The van der Waals surface area contributed by atoms with Gasteiger partial charge in [0.15, 0.2) is 0 Å². The van der Waals surface area contributed by atoms with Gasteiger partial charge in [-0.3, -0.25) is 10.2 Å². The minimum Gasteiger partial charge on any atom is -0.460 e. The Morgan fingerprint density at radius 2 is 1.93 bits per heavy atom. The quantitative estimate of drug-likeness (QED) is 0.467. The van der Waals surface area contributed by atoms with E-state index >= 15 is 0 Å². The smallest absolute Gasteiger partial charge is 0.322 e. The molecule has 1 saturated heterocycles. The van der Waals surface area contributed by atoms with Crippen LogP contribution < -0.4 is 5.32 Å². The van der Waals surface area contributed by atoms with Gasteiger partial charge < -0.3 is 9.32 Å². The number of nitrogens with one attached hydrogen (secondary N) is 1. The molecular weight excluding hydrogens is 402 g/mol. The molecule has 0 saturated carbocycles. The minimum atomic E-state index is -0.0169. The van der Waals surface area contributed by atoms with Crippen molar-refractivity contribution in [1.82, 2.24) is 9.80 Å². The van der Waals surface area contributed by atoms with Crippen LogP contribution in [0.4, 0.5) is 9.80 Å². The molecule has 1 fully saturated rings. The molecule has 1 aliphatic rings. The molecule has 1 N–H and O–H groups in total. The molecule has 0 atom stereocenters. The topological polar surface area (TPSA) is 48.7 Å². The number of carbonyl (C=O) groups excluding carboxylic acids is 1. The van der Waals surface area contributed by atoms with E-state index < -0.39 is 0 Å². The Labute approximate surface area is 177 Å². The average Bonchev–Trinajstić information content (AvgIpc) is 3.49. The lowest BCUT2D eigenvalue weighted by Crippen LogP contribution is -2.49. The summed E-state index contributed by atoms with van der Waals surface area (Å²) in [6, 6.07) is 14.5. The van der Waals surface area contributed by atoms with Crippen molar-refractivity contribution in [2.45, 2.75) is 6.54 Å². The molecule has 1 aromatic carbocycles. The molecule has 2 amide bonds. The van der Waals surface area contributed by atoms with E-state index in [2.05, 4.69) is 51.3 Å². The van der Waals surface area contributed by atoms with Crippen molar-refractivity contribution in [3.05, 3.63) is 64.4 Å². The first-order chi connectivity index (χ1) is 14.2. The summed E-state index contributed by atoms with van der Waals surface area (Å²) in [6.07, 6.45) is 0. The summed E-state index contributed by atoms with van der Waals surface area (Å²) in [5, 5.41) is 11.2. The van der Waals surface area contributed by atoms with E-state index in [0.29, 0.717) is 0 Å². The molecule has 29 heavy (non-hydrogen) atoms. The van der Waals surface area contributed by atoms with Crippen LogP contribution in [0.5, 0.6) is 0 Å². The monoisotopic (exact) mass is 423 g/mol. The van der Waals surface area contributed by atoms with Gasteiger partial charge in [0.25, 0.3) is 0 Å². The number of piperazine rings is 1. The van der Waals surface area contributed by atoms with Crippen molar-refractivity contribution >= 4 is 44.7 Å². The average molecular weight is 424 g/mol. The summed E-state index contributed by atoms with van der Waals surface area (Å²) in [5.74, 6) is 0.971. The molecule has 0 radical (unpaired) electrons. The largest absolute Gasteiger partial charge is 0.460 e. The van der Waals surface area contributed by atoms with Crippen LogP contribution >= 0.6 is 22.7 Å². The Bertz CT molecular complexity index is 1090. The molecule has 3 aromatic heterocycles. The van der Waals surface area contributed by atoms with E-state index in [-0.39, 0.29) is 6.03 Å². The van der Waals surface area contributed by atoms with Crippen molar-refractivity contribution in [3.8, 4) is 11.1 Å². The van der Waals surface area contributed by atoms with Crippen LogP contribution in [-0.2, 0) is 6.54 Å². The zero-order valence-corrected chi connectivity index (χ0v) is 17.5.